The number of thiophene rings is 1. The maximum absolute atomic E-state index is 6.01. The second kappa shape index (κ2) is 9.19. The molecule has 0 saturated carbocycles. The number of hydrogen-bond acceptors (Lipinski definition) is 5. The highest BCUT2D eigenvalue weighted by atomic mass is 32.1. The molecular formula is C21H28N4O2S. The van der Waals surface area contributed by atoms with E-state index in [0.29, 0.717) is 19.2 Å². The highest BCUT2D eigenvalue weighted by Gasteiger charge is 2.22. The molecule has 1 atom stereocenters. The third-order valence-electron chi connectivity index (χ3n) is 5.02. The molecule has 7 heteroatoms. The number of guanidine groups is 1. The minimum Gasteiger partial charge on any atom is -0.486 e. The molecule has 0 spiro atoms. The summed E-state index contributed by atoms with van der Waals surface area (Å²) in [6, 6.07) is 12.6. The number of anilines is 1. The van der Waals surface area contributed by atoms with E-state index in [4.69, 9.17) is 14.5 Å². The Hall–Kier alpha value is -2.41. The van der Waals surface area contributed by atoms with Gasteiger partial charge in [0.25, 0.3) is 0 Å². The van der Waals surface area contributed by atoms with Crippen LogP contribution in [0.3, 0.4) is 0 Å². The summed E-state index contributed by atoms with van der Waals surface area (Å²) in [5, 5.41) is 10.5. The van der Waals surface area contributed by atoms with Gasteiger partial charge in [-0.1, -0.05) is 12.1 Å². The average molecular weight is 401 g/mol. The van der Waals surface area contributed by atoms with Crippen LogP contribution < -0.4 is 25.0 Å². The molecule has 1 aromatic heterocycles. The van der Waals surface area contributed by atoms with E-state index in [1.54, 1.807) is 0 Å². The van der Waals surface area contributed by atoms with E-state index in [2.05, 4.69) is 40.0 Å². The molecule has 0 amide bonds. The number of fused-ring (bicyclic) bond motifs is 1. The fourth-order valence-corrected chi connectivity index (χ4v) is 4.34. The number of nitrogens with one attached hydrogen (secondary N) is 2. The molecule has 1 fully saturated rings. The predicted octanol–water partition coefficient (Wildman–Crippen LogP) is 3.11. The average Bonchev–Trinajstić information content (AvgIpc) is 3.27. The highest BCUT2D eigenvalue weighted by molar-refractivity contribution is 7.14. The Balaban J connectivity index is 1.29. The third kappa shape index (κ3) is 4.70. The quantitative estimate of drug-likeness (QED) is 0.597. The molecule has 3 heterocycles. The van der Waals surface area contributed by atoms with E-state index in [-0.39, 0.29) is 6.10 Å². The standard InChI is InChI=1S/C21H28N4O2S/c1-2-22-21(23-14-17-15-26-18-6-3-4-7-19(18)27-17)24-16-9-11-25(12-10-16)20-8-5-13-28-20/h3-8,13,16-17H,2,9-12,14-15H2,1H3,(H2,22,23,24). The van der Waals surface area contributed by atoms with Crippen LogP contribution in [0.15, 0.2) is 46.8 Å². The van der Waals surface area contributed by atoms with Crippen molar-refractivity contribution in [3.05, 3.63) is 41.8 Å². The molecule has 1 aromatic carbocycles. The summed E-state index contributed by atoms with van der Waals surface area (Å²) >= 11 is 1.82. The monoisotopic (exact) mass is 400 g/mol. The van der Waals surface area contributed by atoms with E-state index < -0.39 is 0 Å². The summed E-state index contributed by atoms with van der Waals surface area (Å²) in [6.45, 7) is 6.18. The van der Waals surface area contributed by atoms with Crippen LogP contribution in [-0.4, -0.2) is 50.9 Å². The molecule has 2 aliphatic rings. The zero-order valence-electron chi connectivity index (χ0n) is 16.3. The molecule has 0 radical (unpaired) electrons. The molecule has 0 bridgehead atoms. The van der Waals surface area contributed by atoms with Gasteiger partial charge in [0.1, 0.15) is 6.61 Å². The highest BCUT2D eigenvalue weighted by Crippen LogP contribution is 2.30. The van der Waals surface area contributed by atoms with E-state index in [0.717, 1.165) is 49.9 Å². The topological polar surface area (TPSA) is 58.1 Å². The van der Waals surface area contributed by atoms with Crippen molar-refractivity contribution in [2.24, 2.45) is 4.99 Å². The number of benzene rings is 1. The number of ether oxygens (including phenoxy) is 2. The minimum absolute atomic E-state index is 0.0639. The minimum atomic E-state index is -0.0639. The first-order chi connectivity index (χ1) is 13.8. The smallest absolute Gasteiger partial charge is 0.191 e. The molecule has 6 nitrogen and oxygen atoms in total. The van der Waals surface area contributed by atoms with E-state index in [1.807, 2.05) is 35.6 Å². The molecule has 0 aliphatic carbocycles. The van der Waals surface area contributed by atoms with Crippen LogP contribution in [0.2, 0.25) is 0 Å². The molecule has 4 rings (SSSR count). The Morgan fingerprint density at radius 3 is 2.75 bits per heavy atom. The van der Waals surface area contributed by atoms with Crippen molar-refractivity contribution >= 4 is 22.3 Å². The van der Waals surface area contributed by atoms with Gasteiger partial charge in [0.15, 0.2) is 23.6 Å². The van der Waals surface area contributed by atoms with Crippen LogP contribution in [0, 0.1) is 0 Å². The Labute approximate surface area is 170 Å². The van der Waals surface area contributed by atoms with Crippen molar-refractivity contribution in [3.8, 4) is 11.5 Å². The number of nitrogens with zero attached hydrogens (tertiary/aromatic N) is 2. The van der Waals surface area contributed by atoms with Crippen LogP contribution >= 0.6 is 11.3 Å². The summed E-state index contributed by atoms with van der Waals surface area (Å²) in [7, 11) is 0. The van der Waals surface area contributed by atoms with Gasteiger partial charge in [-0.2, -0.15) is 0 Å². The number of para-hydroxylation sites is 2. The first-order valence-corrected chi connectivity index (χ1v) is 10.9. The molecule has 150 valence electrons. The van der Waals surface area contributed by atoms with Gasteiger partial charge in [-0.3, -0.25) is 0 Å². The van der Waals surface area contributed by atoms with Crippen LogP contribution in [0.4, 0.5) is 5.00 Å². The van der Waals surface area contributed by atoms with Gasteiger partial charge in [-0.05, 0) is 49.4 Å². The van der Waals surface area contributed by atoms with Crippen LogP contribution in [0.25, 0.3) is 0 Å². The number of rotatable bonds is 5. The molecule has 1 unspecified atom stereocenters. The van der Waals surface area contributed by atoms with Crippen molar-refractivity contribution in [1.82, 2.24) is 10.6 Å². The summed E-state index contributed by atoms with van der Waals surface area (Å²) in [5.41, 5.74) is 0. The van der Waals surface area contributed by atoms with Gasteiger partial charge in [-0.15, -0.1) is 11.3 Å². The number of aliphatic imine (C=N–C) groups is 1. The number of hydrogen-bond donors (Lipinski definition) is 2. The van der Waals surface area contributed by atoms with Crippen molar-refractivity contribution < 1.29 is 9.47 Å². The van der Waals surface area contributed by atoms with Gasteiger partial charge < -0.3 is 25.0 Å². The molecular weight excluding hydrogens is 372 g/mol. The van der Waals surface area contributed by atoms with Crippen molar-refractivity contribution in [2.45, 2.75) is 31.9 Å². The molecule has 28 heavy (non-hydrogen) atoms. The molecule has 2 aromatic rings. The Bertz CT molecular complexity index is 772. The van der Waals surface area contributed by atoms with E-state index in [9.17, 15) is 0 Å². The van der Waals surface area contributed by atoms with E-state index in [1.165, 1.54) is 5.00 Å². The van der Waals surface area contributed by atoms with Crippen molar-refractivity contribution in [3.63, 3.8) is 0 Å². The Morgan fingerprint density at radius 2 is 2.00 bits per heavy atom. The second-order valence-electron chi connectivity index (χ2n) is 7.07. The molecule has 2 aliphatic heterocycles. The Morgan fingerprint density at radius 1 is 1.18 bits per heavy atom. The Kier molecular flexibility index (Phi) is 6.21. The SMILES string of the molecule is CCNC(=NCC1COc2ccccc2O1)NC1CCN(c2cccs2)CC1. The van der Waals surface area contributed by atoms with Gasteiger partial charge >= 0.3 is 0 Å². The zero-order chi connectivity index (χ0) is 19.2. The maximum Gasteiger partial charge on any atom is 0.191 e. The first kappa shape index (κ1) is 18.9. The van der Waals surface area contributed by atoms with E-state index >= 15 is 0 Å². The lowest BCUT2D eigenvalue weighted by Crippen LogP contribution is -2.49. The van der Waals surface area contributed by atoms with Gasteiger partial charge in [0, 0.05) is 25.7 Å². The normalized spacial score (nSPS) is 20.1. The van der Waals surface area contributed by atoms with Crippen LogP contribution in [0.1, 0.15) is 19.8 Å². The second-order valence-corrected chi connectivity index (χ2v) is 8.00. The zero-order valence-corrected chi connectivity index (χ0v) is 17.1. The lowest BCUT2D eigenvalue weighted by atomic mass is 10.1. The summed E-state index contributed by atoms with van der Waals surface area (Å²) in [5.74, 6) is 2.47. The molecule has 2 N–H and O–H groups in total. The van der Waals surface area contributed by atoms with Crippen LogP contribution in [0.5, 0.6) is 11.5 Å². The summed E-state index contributed by atoms with van der Waals surface area (Å²) in [6.07, 6.45) is 2.16. The summed E-state index contributed by atoms with van der Waals surface area (Å²) < 4.78 is 11.8. The first-order valence-electron chi connectivity index (χ1n) is 10.0. The maximum atomic E-state index is 6.01. The fraction of sp³-hybridized carbons (Fsp3) is 0.476. The number of piperidine rings is 1. The predicted molar refractivity (Wildman–Crippen MR) is 115 cm³/mol. The van der Waals surface area contributed by atoms with Crippen molar-refractivity contribution in [2.75, 3.05) is 37.7 Å². The summed E-state index contributed by atoms with van der Waals surface area (Å²) in [4.78, 5) is 7.22. The van der Waals surface area contributed by atoms with Crippen molar-refractivity contribution in [1.29, 1.82) is 0 Å². The van der Waals surface area contributed by atoms with Crippen LogP contribution in [-0.2, 0) is 0 Å². The van der Waals surface area contributed by atoms with Gasteiger partial charge in [0.2, 0.25) is 0 Å². The third-order valence-corrected chi connectivity index (χ3v) is 5.95. The lowest BCUT2D eigenvalue weighted by molar-refractivity contribution is 0.0971. The van der Waals surface area contributed by atoms with Gasteiger partial charge in [-0.25, -0.2) is 4.99 Å². The van der Waals surface area contributed by atoms with Gasteiger partial charge in [0.05, 0.1) is 11.5 Å². The molecule has 1 saturated heterocycles. The lowest BCUT2D eigenvalue weighted by Gasteiger charge is -2.33. The largest absolute Gasteiger partial charge is 0.486 e. The fourth-order valence-electron chi connectivity index (χ4n) is 3.55.